The van der Waals surface area contributed by atoms with Crippen molar-refractivity contribution >= 4 is 0 Å². The van der Waals surface area contributed by atoms with Crippen LogP contribution in [0.3, 0.4) is 0 Å². The summed E-state index contributed by atoms with van der Waals surface area (Å²) in [5, 5.41) is 9.03. The summed E-state index contributed by atoms with van der Waals surface area (Å²) in [6.45, 7) is 0.991. The summed E-state index contributed by atoms with van der Waals surface area (Å²) in [7, 11) is 1.86. The van der Waals surface area contributed by atoms with Gasteiger partial charge in [0.1, 0.15) is 5.82 Å². The normalized spacial score (nSPS) is 13.1. The number of hydrogen-bond donors (Lipinski definition) is 2. The summed E-state index contributed by atoms with van der Waals surface area (Å²) in [5.74, 6) is -0.241. The molecule has 1 aromatic rings. The molecule has 0 aliphatic heterocycles. The predicted molar refractivity (Wildman–Crippen MR) is 57.8 cm³/mol. The van der Waals surface area contributed by atoms with Crippen LogP contribution in [0.2, 0.25) is 0 Å². The summed E-state index contributed by atoms with van der Waals surface area (Å²) in [5.41, 5.74) is 6.37. The molecule has 0 radical (unpaired) electrons. The molecule has 0 bridgehead atoms. The van der Waals surface area contributed by atoms with Crippen LogP contribution in [0.1, 0.15) is 5.56 Å². The predicted octanol–water partition coefficient (Wildman–Crippen LogP) is 0.577. The third kappa shape index (κ3) is 3.58. The molecular formula is C11H17FN2O. The molecule has 0 fully saturated rings. The Labute approximate surface area is 89.3 Å². The van der Waals surface area contributed by atoms with E-state index in [4.69, 9.17) is 10.8 Å². The Morgan fingerprint density at radius 1 is 1.53 bits per heavy atom. The molecule has 84 valence electrons. The van der Waals surface area contributed by atoms with Crippen LogP contribution in [0.5, 0.6) is 0 Å². The van der Waals surface area contributed by atoms with E-state index in [1.165, 1.54) is 12.1 Å². The topological polar surface area (TPSA) is 49.5 Å². The lowest BCUT2D eigenvalue weighted by Gasteiger charge is -2.25. The van der Waals surface area contributed by atoms with Gasteiger partial charge in [0.05, 0.1) is 6.61 Å². The Kier molecular flexibility index (Phi) is 4.68. The molecule has 4 heteroatoms. The number of rotatable bonds is 5. The highest BCUT2D eigenvalue weighted by atomic mass is 19.1. The summed E-state index contributed by atoms with van der Waals surface area (Å²) in [6.07, 6.45) is 0. The lowest BCUT2D eigenvalue weighted by atomic mass is 10.2. The molecule has 15 heavy (non-hydrogen) atoms. The Bertz CT molecular complexity index is 302. The minimum absolute atomic E-state index is 0.0162. The summed E-state index contributed by atoms with van der Waals surface area (Å²) in [6, 6.07) is 6.35. The molecule has 1 aromatic carbocycles. The SMILES string of the molecule is CN(Cc1cccc(F)c1)C(CN)CO. The number of nitrogens with zero attached hydrogens (tertiary/aromatic N) is 1. The maximum Gasteiger partial charge on any atom is 0.123 e. The molecule has 3 nitrogen and oxygen atoms in total. The minimum atomic E-state index is -0.241. The fourth-order valence-corrected chi connectivity index (χ4v) is 1.45. The highest BCUT2D eigenvalue weighted by Crippen LogP contribution is 2.07. The van der Waals surface area contributed by atoms with Crippen LogP contribution < -0.4 is 5.73 Å². The summed E-state index contributed by atoms with van der Waals surface area (Å²) in [4.78, 5) is 1.91. The second-order valence-electron chi connectivity index (χ2n) is 3.62. The van der Waals surface area contributed by atoms with Crippen LogP contribution in [-0.2, 0) is 6.54 Å². The third-order valence-electron chi connectivity index (χ3n) is 2.43. The van der Waals surface area contributed by atoms with Gasteiger partial charge in [-0.2, -0.15) is 0 Å². The van der Waals surface area contributed by atoms with Crippen molar-refractivity contribution in [3.63, 3.8) is 0 Å². The average molecular weight is 212 g/mol. The molecule has 0 saturated heterocycles. The maximum absolute atomic E-state index is 12.9. The van der Waals surface area contributed by atoms with Crippen LogP contribution in [0.15, 0.2) is 24.3 Å². The fourth-order valence-electron chi connectivity index (χ4n) is 1.45. The zero-order chi connectivity index (χ0) is 11.3. The van der Waals surface area contributed by atoms with Gasteiger partial charge in [-0.3, -0.25) is 4.90 Å². The number of aliphatic hydroxyl groups excluding tert-OH is 1. The second kappa shape index (κ2) is 5.80. The molecule has 0 heterocycles. The molecule has 1 unspecified atom stereocenters. The summed E-state index contributed by atoms with van der Waals surface area (Å²) < 4.78 is 12.9. The molecule has 0 aromatic heterocycles. The van der Waals surface area contributed by atoms with E-state index in [-0.39, 0.29) is 18.5 Å². The van der Waals surface area contributed by atoms with Gasteiger partial charge in [0.25, 0.3) is 0 Å². The Balaban J connectivity index is 2.61. The lowest BCUT2D eigenvalue weighted by Crippen LogP contribution is -2.40. The average Bonchev–Trinajstić information content (AvgIpc) is 2.19. The van der Waals surface area contributed by atoms with E-state index < -0.39 is 0 Å². The van der Waals surface area contributed by atoms with E-state index in [9.17, 15) is 4.39 Å². The molecule has 0 spiro atoms. The first-order chi connectivity index (χ1) is 7.17. The van der Waals surface area contributed by atoms with Gasteiger partial charge in [0, 0.05) is 19.1 Å². The van der Waals surface area contributed by atoms with Gasteiger partial charge >= 0.3 is 0 Å². The van der Waals surface area contributed by atoms with Gasteiger partial charge in [0.15, 0.2) is 0 Å². The molecule has 0 aliphatic rings. The van der Waals surface area contributed by atoms with E-state index in [0.29, 0.717) is 13.1 Å². The third-order valence-corrected chi connectivity index (χ3v) is 2.43. The van der Waals surface area contributed by atoms with Crippen LogP contribution >= 0.6 is 0 Å². The Morgan fingerprint density at radius 2 is 2.27 bits per heavy atom. The van der Waals surface area contributed by atoms with Crippen LogP contribution in [0, 0.1) is 5.82 Å². The van der Waals surface area contributed by atoms with Crippen LogP contribution in [-0.4, -0.2) is 36.2 Å². The first kappa shape index (κ1) is 12.1. The first-order valence-corrected chi connectivity index (χ1v) is 4.93. The molecule has 0 aliphatic carbocycles. The summed E-state index contributed by atoms with van der Waals surface area (Å²) >= 11 is 0. The van der Waals surface area contributed by atoms with Crippen molar-refractivity contribution in [3.8, 4) is 0 Å². The number of benzene rings is 1. The number of halogens is 1. The van der Waals surface area contributed by atoms with Crippen molar-refractivity contribution < 1.29 is 9.50 Å². The van der Waals surface area contributed by atoms with Gasteiger partial charge in [-0.25, -0.2) is 4.39 Å². The van der Waals surface area contributed by atoms with Gasteiger partial charge in [-0.1, -0.05) is 12.1 Å². The van der Waals surface area contributed by atoms with Crippen LogP contribution in [0.25, 0.3) is 0 Å². The molecule has 3 N–H and O–H groups in total. The number of hydrogen-bond acceptors (Lipinski definition) is 3. The van der Waals surface area contributed by atoms with Crippen molar-refractivity contribution in [2.45, 2.75) is 12.6 Å². The zero-order valence-corrected chi connectivity index (χ0v) is 8.86. The molecule has 1 atom stereocenters. The molecule has 1 rings (SSSR count). The van der Waals surface area contributed by atoms with Crippen molar-refractivity contribution in [1.29, 1.82) is 0 Å². The quantitative estimate of drug-likeness (QED) is 0.750. The smallest absolute Gasteiger partial charge is 0.123 e. The van der Waals surface area contributed by atoms with Gasteiger partial charge in [0.2, 0.25) is 0 Å². The standard InChI is InChI=1S/C11H17FN2O/c1-14(11(6-13)8-15)7-9-3-2-4-10(12)5-9/h2-5,11,15H,6-8,13H2,1H3. The van der Waals surface area contributed by atoms with Crippen LogP contribution in [0.4, 0.5) is 4.39 Å². The fraction of sp³-hybridized carbons (Fsp3) is 0.455. The van der Waals surface area contributed by atoms with Crippen molar-refractivity contribution in [1.82, 2.24) is 4.90 Å². The molecule has 0 saturated carbocycles. The number of aliphatic hydroxyl groups is 1. The highest BCUT2D eigenvalue weighted by Gasteiger charge is 2.11. The van der Waals surface area contributed by atoms with Gasteiger partial charge < -0.3 is 10.8 Å². The Morgan fingerprint density at radius 3 is 2.80 bits per heavy atom. The van der Waals surface area contributed by atoms with E-state index in [0.717, 1.165) is 5.56 Å². The van der Waals surface area contributed by atoms with E-state index in [1.54, 1.807) is 6.07 Å². The van der Waals surface area contributed by atoms with Gasteiger partial charge in [-0.05, 0) is 24.7 Å². The minimum Gasteiger partial charge on any atom is -0.395 e. The number of nitrogens with two attached hydrogens (primary N) is 1. The zero-order valence-electron chi connectivity index (χ0n) is 8.86. The van der Waals surface area contributed by atoms with E-state index in [1.807, 2.05) is 18.0 Å². The first-order valence-electron chi connectivity index (χ1n) is 4.93. The van der Waals surface area contributed by atoms with Crippen molar-refractivity contribution in [2.75, 3.05) is 20.2 Å². The number of likely N-dealkylation sites (N-methyl/N-ethyl adjacent to an activating group) is 1. The van der Waals surface area contributed by atoms with Crippen molar-refractivity contribution in [3.05, 3.63) is 35.6 Å². The maximum atomic E-state index is 12.9. The second-order valence-corrected chi connectivity index (χ2v) is 3.62. The largest absolute Gasteiger partial charge is 0.395 e. The van der Waals surface area contributed by atoms with Gasteiger partial charge in [-0.15, -0.1) is 0 Å². The molecular weight excluding hydrogens is 195 g/mol. The lowest BCUT2D eigenvalue weighted by molar-refractivity contribution is 0.146. The molecule has 0 amide bonds. The van der Waals surface area contributed by atoms with Crippen molar-refractivity contribution in [2.24, 2.45) is 5.73 Å². The van der Waals surface area contributed by atoms with E-state index >= 15 is 0 Å². The van der Waals surface area contributed by atoms with E-state index in [2.05, 4.69) is 0 Å². The monoisotopic (exact) mass is 212 g/mol. The Hall–Kier alpha value is -0.970. The highest BCUT2D eigenvalue weighted by molar-refractivity contribution is 5.16.